The molecule has 1 saturated heterocycles. The van der Waals surface area contributed by atoms with E-state index in [1.54, 1.807) is 0 Å². The van der Waals surface area contributed by atoms with E-state index in [0.717, 1.165) is 54.8 Å². The highest BCUT2D eigenvalue weighted by Gasteiger charge is 2.29. The molecule has 2 aliphatic rings. The molecule has 1 aliphatic heterocycles. The molecule has 1 atom stereocenters. The van der Waals surface area contributed by atoms with Gasteiger partial charge in [0.15, 0.2) is 5.82 Å². The van der Waals surface area contributed by atoms with Gasteiger partial charge < -0.3 is 10.2 Å². The number of fused-ring (bicyclic) bond motifs is 3. The molecule has 6 nitrogen and oxygen atoms in total. The van der Waals surface area contributed by atoms with E-state index < -0.39 is 0 Å². The third-order valence-electron chi connectivity index (χ3n) is 6.29. The Hall–Kier alpha value is -2.89. The van der Waals surface area contributed by atoms with Gasteiger partial charge in [0.25, 0.3) is 0 Å². The number of hydrogen-bond acceptors (Lipinski definition) is 4. The summed E-state index contributed by atoms with van der Waals surface area (Å²) < 4.78 is 2.00. The van der Waals surface area contributed by atoms with E-state index in [-0.39, 0.29) is 11.8 Å². The fourth-order valence-corrected chi connectivity index (χ4v) is 4.71. The summed E-state index contributed by atoms with van der Waals surface area (Å²) in [4.78, 5) is 20.0. The lowest BCUT2D eigenvalue weighted by Crippen LogP contribution is -2.41. The van der Waals surface area contributed by atoms with Gasteiger partial charge in [0.1, 0.15) is 5.52 Å². The van der Waals surface area contributed by atoms with Crippen molar-refractivity contribution < 1.29 is 4.79 Å². The van der Waals surface area contributed by atoms with Gasteiger partial charge in [-0.1, -0.05) is 18.2 Å². The third kappa shape index (κ3) is 3.37. The van der Waals surface area contributed by atoms with Crippen LogP contribution >= 0.6 is 0 Å². The van der Waals surface area contributed by atoms with Crippen molar-refractivity contribution in [2.75, 3.05) is 23.3 Å². The van der Waals surface area contributed by atoms with Gasteiger partial charge >= 0.3 is 0 Å². The van der Waals surface area contributed by atoms with Gasteiger partial charge in [0.05, 0.1) is 11.6 Å². The molecule has 0 saturated carbocycles. The van der Waals surface area contributed by atoms with E-state index in [1.165, 1.54) is 24.1 Å². The molecule has 1 aliphatic carbocycles. The van der Waals surface area contributed by atoms with E-state index in [2.05, 4.69) is 10.2 Å². The number of aromatic nitrogens is 3. The number of carbonyl (C=O) groups excluding carboxylic acids is 1. The number of para-hydroxylation sites is 1. The van der Waals surface area contributed by atoms with E-state index in [9.17, 15) is 4.79 Å². The third-order valence-corrected chi connectivity index (χ3v) is 6.29. The number of nitrogens with zero attached hydrogens (tertiary/aromatic N) is 4. The van der Waals surface area contributed by atoms with Crippen LogP contribution in [0, 0.1) is 12.8 Å². The molecular weight excluding hydrogens is 362 g/mol. The highest BCUT2D eigenvalue weighted by molar-refractivity contribution is 5.93. The maximum Gasteiger partial charge on any atom is 0.229 e. The predicted molar refractivity (Wildman–Crippen MR) is 114 cm³/mol. The second kappa shape index (κ2) is 7.50. The summed E-state index contributed by atoms with van der Waals surface area (Å²) in [6, 6.07) is 7.94. The molecule has 6 heteroatoms. The van der Waals surface area contributed by atoms with Crippen molar-refractivity contribution in [1.82, 2.24) is 14.6 Å². The smallest absolute Gasteiger partial charge is 0.229 e. The fourth-order valence-electron chi connectivity index (χ4n) is 4.71. The van der Waals surface area contributed by atoms with Crippen LogP contribution in [0.3, 0.4) is 0 Å². The second-order valence-electron chi connectivity index (χ2n) is 8.27. The van der Waals surface area contributed by atoms with Gasteiger partial charge in [-0.3, -0.25) is 4.79 Å². The monoisotopic (exact) mass is 389 g/mol. The number of anilines is 2. The summed E-state index contributed by atoms with van der Waals surface area (Å²) in [7, 11) is 0. The van der Waals surface area contributed by atoms with Crippen LogP contribution in [-0.4, -0.2) is 33.6 Å². The topological polar surface area (TPSA) is 62.5 Å². The maximum atomic E-state index is 13.0. The Morgan fingerprint density at radius 3 is 2.93 bits per heavy atom. The number of rotatable bonds is 3. The molecule has 1 aromatic carbocycles. The molecule has 3 heterocycles. The SMILES string of the molecule is Cc1ccccc1NC(=O)[C@@H]1CCCN(c2nccn3nc4c(c23)CCCC4)C1. The van der Waals surface area contributed by atoms with E-state index in [4.69, 9.17) is 10.1 Å². The van der Waals surface area contributed by atoms with Crippen molar-refractivity contribution in [1.29, 1.82) is 0 Å². The zero-order valence-corrected chi connectivity index (χ0v) is 16.9. The second-order valence-corrected chi connectivity index (χ2v) is 8.27. The molecule has 0 radical (unpaired) electrons. The standard InChI is InChI=1S/C23H27N5O/c1-16-7-2-4-10-19(16)25-23(29)17-8-6-13-27(15-17)22-21-18-9-3-5-11-20(18)26-28(21)14-12-24-22/h2,4,7,10,12,14,17H,3,5-6,8-9,11,13,15H2,1H3,(H,25,29)/t17-/m1/s1. The summed E-state index contributed by atoms with van der Waals surface area (Å²) in [5.41, 5.74) is 5.70. The first-order chi connectivity index (χ1) is 14.2. The minimum absolute atomic E-state index is 0.0378. The molecule has 150 valence electrons. The number of carbonyl (C=O) groups is 1. The molecule has 3 aromatic rings. The van der Waals surface area contributed by atoms with Crippen molar-refractivity contribution in [2.45, 2.75) is 45.4 Å². The van der Waals surface area contributed by atoms with Gasteiger partial charge in [-0.25, -0.2) is 9.50 Å². The molecule has 5 rings (SSSR count). The van der Waals surface area contributed by atoms with Crippen molar-refractivity contribution in [3.05, 3.63) is 53.5 Å². The molecule has 0 spiro atoms. The van der Waals surface area contributed by atoms with Crippen molar-refractivity contribution in [2.24, 2.45) is 5.92 Å². The number of benzene rings is 1. The lowest BCUT2D eigenvalue weighted by atomic mass is 9.95. The van der Waals surface area contributed by atoms with Crippen LogP contribution < -0.4 is 10.2 Å². The normalized spacial score (nSPS) is 19.2. The number of amides is 1. The number of hydrogen-bond donors (Lipinski definition) is 1. The average molecular weight is 390 g/mol. The highest BCUT2D eigenvalue weighted by Crippen LogP contribution is 2.32. The first-order valence-electron chi connectivity index (χ1n) is 10.7. The Kier molecular flexibility index (Phi) is 4.70. The Morgan fingerprint density at radius 1 is 1.17 bits per heavy atom. The summed E-state index contributed by atoms with van der Waals surface area (Å²) >= 11 is 0. The Morgan fingerprint density at radius 2 is 2.03 bits per heavy atom. The minimum Gasteiger partial charge on any atom is -0.354 e. The molecule has 1 fully saturated rings. The van der Waals surface area contributed by atoms with Crippen LogP contribution in [0.2, 0.25) is 0 Å². The van der Waals surface area contributed by atoms with Crippen LogP contribution in [0.25, 0.3) is 5.52 Å². The van der Waals surface area contributed by atoms with E-state index >= 15 is 0 Å². The molecule has 0 bridgehead atoms. The lowest BCUT2D eigenvalue weighted by Gasteiger charge is -2.33. The van der Waals surface area contributed by atoms with Crippen LogP contribution in [0.15, 0.2) is 36.7 Å². The largest absolute Gasteiger partial charge is 0.354 e. The Balaban J connectivity index is 1.40. The summed E-state index contributed by atoms with van der Waals surface area (Å²) in [5.74, 6) is 1.05. The molecule has 2 aromatic heterocycles. The fraction of sp³-hybridized carbons (Fsp3) is 0.435. The molecular formula is C23H27N5O. The lowest BCUT2D eigenvalue weighted by molar-refractivity contribution is -0.120. The Bertz CT molecular complexity index is 1060. The van der Waals surface area contributed by atoms with Crippen LogP contribution in [0.1, 0.15) is 42.5 Å². The van der Waals surface area contributed by atoms with E-state index in [1.807, 2.05) is 48.1 Å². The number of aryl methyl sites for hydroxylation is 3. The van der Waals surface area contributed by atoms with Crippen molar-refractivity contribution in [3.8, 4) is 0 Å². The zero-order valence-electron chi connectivity index (χ0n) is 16.9. The van der Waals surface area contributed by atoms with Crippen molar-refractivity contribution >= 4 is 22.9 Å². The van der Waals surface area contributed by atoms with Gasteiger partial charge in [0, 0.05) is 36.7 Å². The molecule has 29 heavy (non-hydrogen) atoms. The maximum absolute atomic E-state index is 13.0. The molecule has 1 amide bonds. The van der Waals surface area contributed by atoms with Crippen LogP contribution in [-0.2, 0) is 17.6 Å². The predicted octanol–water partition coefficient (Wildman–Crippen LogP) is 3.77. The van der Waals surface area contributed by atoms with Crippen molar-refractivity contribution in [3.63, 3.8) is 0 Å². The zero-order chi connectivity index (χ0) is 19.8. The number of piperidine rings is 1. The molecule has 1 N–H and O–H groups in total. The molecule has 0 unspecified atom stereocenters. The van der Waals surface area contributed by atoms with Gasteiger partial charge in [-0.05, 0) is 57.1 Å². The summed E-state index contributed by atoms with van der Waals surface area (Å²) in [5, 5.41) is 7.93. The average Bonchev–Trinajstić information content (AvgIpc) is 3.14. The van der Waals surface area contributed by atoms with Gasteiger partial charge in [-0.15, -0.1) is 0 Å². The Labute approximate surface area is 170 Å². The van der Waals surface area contributed by atoms with E-state index in [0.29, 0.717) is 6.54 Å². The van der Waals surface area contributed by atoms with Crippen LogP contribution in [0.4, 0.5) is 11.5 Å². The first-order valence-corrected chi connectivity index (χ1v) is 10.7. The summed E-state index contributed by atoms with van der Waals surface area (Å²) in [6.07, 6.45) is 10.2. The quantitative estimate of drug-likeness (QED) is 0.741. The van der Waals surface area contributed by atoms with Gasteiger partial charge in [-0.2, -0.15) is 5.10 Å². The first kappa shape index (κ1) is 18.2. The highest BCUT2D eigenvalue weighted by atomic mass is 16.1. The van der Waals surface area contributed by atoms with Crippen LogP contribution in [0.5, 0.6) is 0 Å². The summed E-state index contributed by atoms with van der Waals surface area (Å²) in [6.45, 7) is 3.65. The minimum atomic E-state index is -0.0378. The van der Waals surface area contributed by atoms with Gasteiger partial charge in [0.2, 0.25) is 5.91 Å². The number of nitrogens with one attached hydrogen (secondary N) is 1.